The maximum Gasteiger partial charge on any atom is 0.318 e. The molecule has 1 aliphatic heterocycles. The number of allylic oxidation sites excluding steroid dienone is 2. The number of carbonyl (C=O) groups excluding carboxylic acids is 2. The number of hydrogen-bond donors (Lipinski definition) is 0. The van der Waals surface area contributed by atoms with Gasteiger partial charge in [0.2, 0.25) is 0 Å². The first-order chi connectivity index (χ1) is 13.7. The van der Waals surface area contributed by atoms with Gasteiger partial charge in [-0.15, -0.1) is 13.2 Å². The van der Waals surface area contributed by atoms with Gasteiger partial charge in [0, 0.05) is 5.41 Å². The second-order valence-corrected chi connectivity index (χ2v) is 9.80. The second-order valence-electron chi connectivity index (χ2n) is 9.80. The van der Waals surface area contributed by atoms with Crippen LogP contribution in [0.4, 0.5) is 0 Å². The Balaban J connectivity index is 1.92. The minimum atomic E-state index is -0.396. The summed E-state index contributed by atoms with van der Waals surface area (Å²) in [4.78, 5) is 25.3. The molecule has 4 rings (SSSR count). The minimum Gasteiger partial charge on any atom is -0.393 e. The number of carbonyl (C=O) groups is 2. The van der Waals surface area contributed by atoms with Gasteiger partial charge >= 0.3 is 11.9 Å². The van der Waals surface area contributed by atoms with E-state index < -0.39 is 5.41 Å². The summed E-state index contributed by atoms with van der Waals surface area (Å²) in [6.07, 6.45) is 9.33. The largest absolute Gasteiger partial charge is 0.393 e. The zero-order valence-electron chi connectivity index (χ0n) is 18.2. The molecule has 1 aromatic carbocycles. The van der Waals surface area contributed by atoms with Gasteiger partial charge in [0.15, 0.2) is 0 Å². The molecule has 29 heavy (non-hydrogen) atoms. The molecule has 3 nitrogen and oxygen atoms in total. The van der Waals surface area contributed by atoms with Gasteiger partial charge in [0.25, 0.3) is 0 Å². The van der Waals surface area contributed by atoms with Crippen molar-refractivity contribution in [2.75, 3.05) is 0 Å². The normalized spacial score (nSPS) is 32.0. The number of fused-ring (bicyclic) bond motifs is 3. The molecule has 1 heterocycles. The Morgan fingerprint density at radius 1 is 0.966 bits per heavy atom. The van der Waals surface area contributed by atoms with Crippen LogP contribution >= 0.6 is 0 Å². The highest BCUT2D eigenvalue weighted by atomic mass is 16.6. The zero-order chi connectivity index (χ0) is 21.1. The third-order valence-corrected chi connectivity index (χ3v) is 8.04. The van der Waals surface area contributed by atoms with Crippen LogP contribution in [0.3, 0.4) is 0 Å². The SMILES string of the molecule is C=CCCC1(C)Cc2c(C)c3c(c(C)c21)CC1C(=O)OC(=O)C1C3(C)CCC=C. The van der Waals surface area contributed by atoms with Crippen molar-refractivity contribution < 1.29 is 14.3 Å². The molecular weight excluding hydrogens is 360 g/mol. The summed E-state index contributed by atoms with van der Waals surface area (Å²) in [6.45, 7) is 16.8. The average Bonchev–Trinajstić information content (AvgIpc) is 2.95. The second kappa shape index (κ2) is 6.68. The van der Waals surface area contributed by atoms with E-state index >= 15 is 0 Å². The van der Waals surface area contributed by atoms with E-state index in [9.17, 15) is 9.59 Å². The lowest BCUT2D eigenvalue weighted by Crippen LogP contribution is -2.47. The highest BCUT2D eigenvalue weighted by Crippen LogP contribution is 2.57. The van der Waals surface area contributed by atoms with Gasteiger partial charge in [0.05, 0.1) is 11.8 Å². The molecular formula is C26H32O3. The van der Waals surface area contributed by atoms with E-state index in [1.54, 1.807) is 0 Å². The maximum absolute atomic E-state index is 12.7. The lowest BCUT2D eigenvalue weighted by atomic mass is 9.52. The molecule has 0 bridgehead atoms. The number of benzene rings is 1. The third kappa shape index (κ3) is 2.62. The van der Waals surface area contributed by atoms with Crippen LogP contribution in [-0.2, 0) is 38.0 Å². The Hall–Kier alpha value is -2.16. The number of ether oxygens (including phenoxy) is 1. The first kappa shape index (κ1) is 20.1. The first-order valence-electron chi connectivity index (χ1n) is 10.8. The fourth-order valence-electron chi connectivity index (χ4n) is 6.70. The Kier molecular flexibility index (Phi) is 4.64. The van der Waals surface area contributed by atoms with Crippen molar-refractivity contribution in [2.45, 2.75) is 77.0 Å². The predicted molar refractivity (Wildman–Crippen MR) is 115 cm³/mol. The van der Waals surface area contributed by atoms with Crippen molar-refractivity contribution in [1.29, 1.82) is 0 Å². The van der Waals surface area contributed by atoms with Gasteiger partial charge in [-0.25, -0.2) is 0 Å². The van der Waals surface area contributed by atoms with E-state index in [0.717, 1.165) is 32.1 Å². The Labute approximate surface area is 174 Å². The molecule has 4 unspecified atom stereocenters. The Morgan fingerprint density at radius 2 is 1.59 bits per heavy atom. The molecule has 2 aliphatic carbocycles. The van der Waals surface area contributed by atoms with Crippen molar-refractivity contribution in [1.82, 2.24) is 0 Å². The van der Waals surface area contributed by atoms with Gasteiger partial charge in [-0.3, -0.25) is 9.59 Å². The highest BCUT2D eigenvalue weighted by molar-refractivity contribution is 5.98. The fourth-order valence-corrected chi connectivity index (χ4v) is 6.70. The molecule has 1 fully saturated rings. The van der Waals surface area contributed by atoms with Crippen LogP contribution in [0.1, 0.15) is 72.9 Å². The summed E-state index contributed by atoms with van der Waals surface area (Å²) >= 11 is 0. The summed E-state index contributed by atoms with van der Waals surface area (Å²) in [5.74, 6) is -1.43. The van der Waals surface area contributed by atoms with Crippen LogP contribution in [0.5, 0.6) is 0 Å². The van der Waals surface area contributed by atoms with Crippen LogP contribution in [0.25, 0.3) is 0 Å². The van der Waals surface area contributed by atoms with Gasteiger partial charge in [0.1, 0.15) is 0 Å². The molecule has 1 aromatic rings. The summed E-state index contributed by atoms with van der Waals surface area (Å²) in [5, 5.41) is 0. The van der Waals surface area contributed by atoms with Gasteiger partial charge < -0.3 is 4.74 Å². The first-order valence-corrected chi connectivity index (χ1v) is 10.8. The van der Waals surface area contributed by atoms with E-state index in [2.05, 4.69) is 40.9 Å². The molecule has 0 amide bonds. The van der Waals surface area contributed by atoms with Crippen molar-refractivity contribution in [2.24, 2.45) is 11.8 Å². The number of hydrogen-bond acceptors (Lipinski definition) is 3. The predicted octanol–water partition coefficient (Wildman–Crippen LogP) is 5.18. The number of cyclic esters (lactones) is 2. The lowest BCUT2D eigenvalue weighted by molar-refractivity contribution is -0.154. The van der Waals surface area contributed by atoms with Gasteiger partial charge in [-0.1, -0.05) is 26.0 Å². The topological polar surface area (TPSA) is 43.4 Å². The molecule has 0 saturated carbocycles. The molecule has 154 valence electrons. The highest BCUT2D eigenvalue weighted by Gasteiger charge is 2.59. The zero-order valence-corrected chi connectivity index (χ0v) is 18.2. The molecule has 0 N–H and O–H groups in total. The number of rotatable bonds is 6. The van der Waals surface area contributed by atoms with E-state index in [1.165, 1.54) is 33.4 Å². The Bertz CT molecular complexity index is 940. The van der Waals surface area contributed by atoms with Crippen molar-refractivity contribution in [3.8, 4) is 0 Å². The summed E-state index contributed by atoms with van der Waals surface area (Å²) < 4.78 is 5.15. The molecule has 0 aromatic heterocycles. The van der Waals surface area contributed by atoms with Crippen LogP contribution in [0.2, 0.25) is 0 Å². The molecule has 0 spiro atoms. The van der Waals surface area contributed by atoms with Crippen LogP contribution < -0.4 is 0 Å². The summed E-state index contributed by atoms with van der Waals surface area (Å²) in [5.41, 5.74) is 7.94. The fraction of sp³-hybridized carbons (Fsp3) is 0.538. The standard InChI is InChI=1S/C26H32O3/c1-7-9-11-25(5)14-19-16(4)21-17(15(3)20(19)25)13-18-22(24(28)29-23(18)27)26(21,6)12-10-8-2/h7-8,18,22H,1-2,9-14H2,3-6H3. The van der Waals surface area contributed by atoms with Crippen LogP contribution in [-0.4, -0.2) is 11.9 Å². The van der Waals surface area contributed by atoms with Gasteiger partial charge in [-0.05, 0) is 91.2 Å². The van der Waals surface area contributed by atoms with Crippen molar-refractivity contribution >= 4 is 11.9 Å². The monoisotopic (exact) mass is 392 g/mol. The average molecular weight is 393 g/mol. The lowest BCUT2D eigenvalue weighted by Gasteiger charge is -2.50. The Morgan fingerprint density at radius 3 is 2.24 bits per heavy atom. The van der Waals surface area contributed by atoms with E-state index in [-0.39, 0.29) is 29.2 Å². The van der Waals surface area contributed by atoms with Crippen LogP contribution in [0, 0.1) is 25.7 Å². The minimum absolute atomic E-state index is 0.174. The van der Waals surface area contributed by atoms with E-state index in [1.807, 2.05) is 12.2 Å². The summed E-state index contributed by atoms with van der Waals surface area (Å²) in [6, 6.07) is 0. The third-order valence-electron chi connectivity index (χ3n) is 8.04. The summed E-state index contributed by atoms with van der Waals surface area (Å²) in [7, 11) is 0. The smallest absolute Gasteiger partial charge is 0.318 e. The van der Waals surface area contributed by atoms with Crippen LogP contribution in [0.15, 0.2) is 25.3 Å². The molecule has 0 radical (unpaired) electrons. The van der Waals surface area contributed by atoms with Crippen molar-refractivity contribution in [3.63, 3.8) is 0 Å². The number of esters is 2. The van der Waals surface area contributed by atoms with Crippen molar-refractivity contribution in [3.05, 3.63) is 58.7 Å². The quantitative estimate of drug-likeness (QED) is 0.381. The molecule has 3 heteroatoms. The molecule has 4 atom stereocenters. The molecule has 3 aliphatic rings. The molecule has 1 saturated heterocycles. The van der Waals surface area contributed by atoms with Gasteiger partial charge in [-0.2, -0.15) is 0 Å². The maximum atomic E-state index is 12.7. The van der Waals surface area contributed by atoms with E-state index in [4.69, 9.17) is 4.74 Å². The van der Waals surface area contributed by atoms with E-state index in [0.29, 0.717) is 6.42 Å².